The predicted molar refractivity (Wildman–Crippen MR) is 155 cm³/mol. The summed E-state index contributed by atoms with van der Waals surface area (Å²) in [5.74, 6) is -0.812. The number of amides is 2. The molecular formula is C31H29N3O5S. The summed E-state index contributed by atoms with van der Waals surface area (Å²) in [4.78, 5) is 26.3. The van der Waals surface area contributed by atoms with Crippen LogP contribution in [0.4, 0.5) is 11.4 Å². The molecule has 1 heterocycles. The Morgan fingerprint density at radius 2 is 1.43 bits per heavy atom. The third-order valence-corrected chi connectivity index (χ3v) is 8.24. The van der Waals surface area contributed by atoms with E-state index in [1.54, 1.807) is 72.8 Å². The highest BCUT2D eigenvalue weighted by atomic mass is 32.2. The lowest BCUT2D eigenvalue weighted by molar-refractivity contribution is -0.122. The van der Waals surface area contributed by atoms with Crippen LogP contribution in [0.1, 0.15) is 21.5 Å². The molecule has 0 aromatic heterocycles. The third kappa shape index (κ3) is 6.32. The van der Waals surface area contributed by atoms with Crippen LogP contribution in [0, 0.1) is 0 Å². The molecule has 2 amide bonds. The molecule has 0 spiro atoms. The molecule has 8 nitrogen and oxygen atoms in total. The fraction of sp³-hybridized carbons (Fsp3) is 0.161. The van der Waals surface area contributed by atoms with E-state index in [0.29, 0.717) is 35.5 Å². The first-order chi connectivity index (χ1) is 19.4. The van der Waals surface area contributed by atoms with Crippen LogP contribution in [0.5, 0.6) is 5.75 Å². The van der Waals surface area contributed by atoms with E-state index in [9.17, 15) is 18.0 Å². The van der Waals surface area contributed by atoms with Gasteiger partial charge in [-0.05, 0) is 41.8 Å². The van der Waals surface area contributed by atoms with Crippen molar-refractivity contribution < 1.29 is 22.7 Å². The molecule has 0 bridgehead atoms. The largest absolute Gasteiger partial charge is 0.476 e. The van der Waals surface area contributed by atoms with E-state index in [-0.39, 0.29) is 24.0 Å². The van der Waals surface area contributed by atoms with Crippen LogP contribution in [-0.2, 0) is 27.0 Å². The van der Waals surface area contributed by atoms with E-state index >= 15 is 0 Å². The Morgan fingerprint density at radius 3 is 2.17 bits per heavy atom. The summed E-state index contributed by atoms with van der Waals surface area (Å²) in [6, 6.07) is 32.1. The van der Waals surface area contributed by atoms with Crippen LogP contribution < -0.4 is 19.7 Å². The van der Waals surface area contributed by atoms with Gasteiger partial charge in [0.1, 0.15) is 5.75 Å². The highest BCUT2D eigenvalue weighted by Gasteiger charge is 2.37. The number of nitrogens with one attached hydrogen (secondary N) is 2. The number of nitrogens with zero attached hydrogens (tertiary/aromatic N) is 1. The Bertz CT molecular complexity index is 1590. The van der Waals surface area contributed by atoms with Crippen molar-refractivity contribution in [2.75, 3.05) is 22.7 Å². The average molecular weight is 556 g/mol. The van der Waals surface area contributed by atoms with Crippen molar-refractivity contribution in [1.29, 1.82) is 0 Å². The van der Waals surface area contributed by atoms with Crippen LogP contribution >= 0.6 is 0 Å². The summed E-state index contributed by atoms with van der Waals surface area (Å²) in [5.41, 5.74) is 2.73. The topological polar surface area (TPSA) is 105 Å². The summed E-state index contributed by atoms with van der Waals surface area (Å²) < 4.78 is 34.1. The third-order valence-electron chi connectivity index (χ3n) is 6.53. The lowest BCUT2D eigenvalue weighted by Gasteiger charge is -2.34. The number of ether oxygens (including phenoxy) is 1. The number of carbonyl (C=O) groups excluding carboxylic acids is 2. The minimum Gasteiger partial charge on any atom is -0.476 e. The molecule has 4 aromatic carbocycles. The van der Waals surface area contributed by atoms with Gasteiger partial charge in [0.2, 0.25) is 10.0 Å². The smallest absolute Gasteiger partial charge is 0.267 e. The quantitative estimate of drug-likeness (QED) is 0.319. The van der Waals surface area contributed by atoms with Gasteiger partial charge in [0.15, 0.2) is 6.10 Å². The Kier molecular flexibility index (Phi) is 8.12. The highest BCUT2D eigenvalue weighted by Crippen LogP contribution is 2.36. The number of hydrogen-bond donors (Lipinski definition) is 2. The van der Waals surface area contributed by atoms with E-state index in [1.807, 2.05) is 36.4 Å². The monoisotopic (exact) mass is 555 g/mol. The minimum atomic E-state index is -3.83. The molecule has 2 N–H and O–H groups in total. The first-order valence-electron chi connectivity index (χ1n) is 12.9. The Hall–Kier alpha value is -4.63. The number of hydrogen-bond acceptors (Lipinski definition) is 5. The minimum absolute atomic E-state index is 0.205. The van der Waals surface area contributed by atoms with Crippen LogP contribution in [0.3, 0.4) is 0 Å². The SMILES string of the molecule is O=C(NCCc1ccccc1)c1ccccc1NC(=O)C1CN(S(=O)(=O)Cc2ccccc2)c2ccccc2O1. The van der Waals surface area contributed by atoms with Gasteiger partial charge in [-0.1, -0.05) is 84.9 Å². The van der Waals surface area contributed by atoms with Crippen molar-refractivity contribution in [3.05, 3.63) is 126 Å². The summed E-state index contributed by atoms with van der Waals surface area (Å²) >= 11 is 0. The second-order valence-corrected chi connectivity index (χ2v) is 11.3. The molecule has 40 heavy (non-hydrogen) atoms. The molecule has 1 aliphatic heterocycles. The number of benzene rings is 4. The molecule has 4 aromatic rings. The van der Waals surface area contributed by atoms with Gasteiger partial charge in [0, 0.05) is 6.54 Å². The average Bonchev–Trinajstić information content (AvgIpc) is 2.97. The first-order valence-corrected chi connectivity index (χ1v) is 14.5. The molecular weight excluding hydrogens is 526 g/mol. The zero-order valence-electron chi connectivity index (χ0n) is 21.7. The molecule has 0 saturated heterocycles. The van der Waals surface area contributed by atoms with Gasteiger partial charge < -0.3 is 15.4 Å². The molecule has 1 unspecified atom stereocenters. The molecule has 0 fully saturated rings. The molecule has 0 aliphatic carbocycles. The normalized spacial score (nSPS) is 14.5. The number of fused-ring (bicyclic) bond motifs is 1. The van der Waals surface area contributed by atoms with Crippen LogP contribution in [0.15, 0.2) is 109 Å². The van der Waals surface area contributed by atoms with Crippen molar-refractivity contribution >= 4 is 33.2 Å². The lowest BCUT2D eigenvalue weighted by atomic mass is 10.1. The van der Waals surface area contributed by atoms with Crippen molar-refractivity contribution in [2.24, 2.45) is 0 Å². The maximum atomic E-state index is 13.5. The molecule has 204 valence electrons. The standard InChI is InChI=1S/C31H29N3O5S/c35-30(32-20-19-23-11-3-1-4-12-23)25-15-7-8-16-26(25)33-31(36)29-21-34(27-17-9-10-18-28(27)39-29)40(37,38)22-24-13-5-2-6-14-24/h1-18,29H,19-22H2,(H,32,35)(H,33,36). The second kappa shape index (κ2) is 12.0. The van der Waals surface area contributed by atoms with Gasteiger partial charge in [-0.15, -0.1) is 0 Å². The summed E-state index contributed by atoms with van der Waals surface area (Å²) in [7, 11) is -3.83. The van der Waals surface area contributed by atoms with Gasteiger partial charge in [0.25, 0.3) is 11.8 Å². The van der Waals surface area contributed by atoms with Crippen molar-refractivity contribution in [2.45, 2.75) is 18.3 Å². The fourth-order valence-corrected chi connectivity index (χ4v) is 6.11. The van der Waals surface area contributed by atoms with Crippen molar-refractivity contribution in [1.82, 2.24) is 5.32 Å². The summed E-state index contributed by atoms with van der Waals surface area (Å²) in [6.07, 6.45) is -0.460. The second-order valence-electron chi connectivity index (χ2n) is 9.37. The molecule has 1 atom stereocenters. The Morgan fingerprint density at radius 1 is 0.800 bits per heavy atom. The maximum Gasteiger partial charge on any atom is 0.267 e. The zero-order chi connectivity index (χ0) is 28.0. The number of carbonyl (C=O) groups is 2. The van der Waals surface area contributed by atoms with Gasteiger partial charge in [-0.3, -0.25) is 13.9 Å². The number of rotatable bonds is 9. The predicted octanol–water partition coefficient (Wildman–Crippen LogP) is 4.40. The number of sulfonamides is 1. The van der Waals surface area contributed by atoms with Gasteiger partial charge >= 0.3 is 0 Å². The molecule has 5 rings (SSSR count). The number of anilines is 2. The fourth-order valence-electron chi connectivity index (χ4n) is 4.53. The van der Waals surface area contributed by atoms with Gasteiger partial charge in [-0.25, -0.2) is 8.42 Å². The van der Waals surface area contributed by atoms with Gasteiger partial charge in [0.05, 0.1) is 29.2 Å². The van der Waals surface area contributed by atoms with Crippen LogP contribution in [0.2, 0.25) is 0 Å². The van der Waals surface area contributed by atoms with E-state index < -0.39 is 22.0 Å². The molecule has 1 aliphatic rings. The molecule has 0 saturated carbocycles. The molecule has 0 radical (unpaired) electrons. The summed E-state index contributed by atoms with van der Waals surface area (Å²) in [6.45, 7) is 0.228. The number of para-hydroxylation sites is 3. The van der Waals surface area contributed by atoms with Crippen LogP contribution in [0.25, 0.3) is 0 Å². The van der Waals surface area contributed by atoms with E-state index in [0.717, 1.165) is 5.56 Å². The van der Waals surface area contributed by atoms with E-state index in [1.165, 1.54) is 4.31 Å². The van der Waals surface area contributed by atoms with Crippen LogP contribution in [-0.4, -0.2) is 39.4 Å². The Balaban J connectivity index is 1.31. The Labute approximate surface area is 233 Å². The lowest BCUT2D eigenvalue weighted by Crippen LogP contribution is -2.49. The summed E-state index contributed by atoms with van der Waals surface area (Å²) in [5, 5.41) is 5.67. The van der Waals surface area contributed by atoms with E-state index in [4.69, 9.17) is 4.74 Å². The van der Waals surface area contributed by atoms with Gasteiger partial charge in [-0.2, -0.15) is 0 Å². The first kappa shape index (κ1) is 27.0. The highest BCUT2D eigenvalue weighted by molar-refractivity contribution is 7.92. The van der Waals surface area contributed by atoms with Crippen molar-refractivity contribution in [3.63, 3.8) is 0 Å². The zero-order valence-corrected chi connectivity index (χ0v) is 22.5. The molecule has 9 heteroatoms. The van der Waals surface area contributed by atoms with E-state index in [2.05, 4.69) is 10.6 Å². The maximum absolute atomic E-state index is 13.5. The van der Waals surface area contributed by atoms with Crippen molar-refractivity contribution in [3.8, 4) is 5.75 Å².